The van der Waals surface area contributed by atoms with Crippen molar-refractivity contribution in [2.24, 2.45) is 5.92 Å². The first kappa shape index (κ1) is 24.9. The summed E-state index contributed by atoms with van der Waals surface area (Å²) >= 11 is 0. The third-order valence-corrected chi connectivity index (χ3v) is 6.23. The zero-order valence-electron chi connectivity index (χ0n) is 17.1. The molecule has 0 radical (unpaired) electrons. The van der Waals surface area contributed by atoms with Crippen LogP contribution < -0.4 is 15.4 Å². The Morgan fingerprint density at radius 1 is 1.10 bits per heavy atom. The van der Waals surface area contributed by atoms with Gasteiger partial charge in [0.1, 0.15) is 5.75 Å². The van der Waals surface area contributed by atoms with Crippen LogP contribution in [0.3, 0.4) is 0 Å². The Hall–Kier alpha value is -2.38. The molecule has 1 fully saturated rings. The number of hydrogen-bond donors (Lipinski definition) is 2. The number of halogens is 3. The van der Waals surface area contributed by atoms with E-state index in [2.05, 4.69) is 15.4 Å². The molecule has 0 atom stereocenters. The van der Waals surface area contributed by atoms with E-state index < -0.39 is 34.1 Å². The number of nitrogens with one attached hydrogen (secondary N) is 2. The minimum Gasteiger partial charge on any atom is -0.406 e. The molecule has 2 N–H and O–H groups in total. The van der Waals surface area contributed by atoms with Gasteiger partial charge in [-0.2, -0.15) is 4.31 Å². The molecule has 0 aromatic heterocycles. The molecule has 2 rings (SSSR count). The molecule has 1 aromatic carbocycles. The fourth-order valence-electron chi connectivity index (χ4n) is 2.80. The van der Waals surface area contributed by atoms with Gasteiger partial charge in [0.2, 0.25) is 15.9 Å². The van der Waals surface area contributed by atoms with Crippen LogP contribution in [0.15, 0.2) is 29.2 Å². The fraction of sp³-hybridized carbons (Fsp3) is 0.556. The summed E-state index contributed by atoms with van der Waals surface area (Å²) in [5.41, 5.74) is 0. The molecule has 0 bridgehead atoms. The molecule has 1 aromatic rings. The minimum atomic E-state index is -4.86. The van der Waals surface area contributed by atoms with E-state index in [0.717, 1.165) is 24.3 Å². The highest BCUT2D eigenvalue weighted by atomic mass is 32.2. The number of carbonyl (C=O) groups is 2. The molecule has 13 heteroatoms. The highest BCUT2D eigenvalue weighted by Gasteiger charge is 2.32. The number of carbonyl (C=O) groups excluding carboxylic acids is 2. The number of urea groups is 1. The molecule has 0 unspecified atom stereocenters. The molecule has 3 amide bonds. The lowest BCUT2D eigenvalue weighted by atomic mass is 10.2. The number of alkyl halides is 3. The molecule has 174 valence electrons. The fourth-order valence-corrected chi connectivity index (χ4v) is 4.22. The van der Waals surface area contributed by atoms with Gasteiger partial charge in [0.25, 0.3) is 0 Å². The molecule has 1 saturated heterocycles. The zero-order chi connectivity index (χ0) is 23.2. The summed E-state index contributed by atoms with van der Waals surface area (Å²) in [6, 6.07) is 3.38. The number of amides is 3. The maximum absolute atomic E-state index is 12.7. The highest BCUT2D eigenvalue weighted by Crippen LogP contribution is 2.25. The van der Waals surface area contributed by atoms with Crippen molar-refractivity contribution in [2.45, 2.75) is 25.1 Å². The first-order valence-corrected chi connectivity index (χ1v) is 11.0. The Labute approximate surface area is 178 Å². The van der Waals surface area contributed by atoms with Crippen molar-refractivity contribution in [1.82, 2.24) is 19.8 Å². The number of nitrogens with zero attached hydrogens (tertiary/aromatic N) is 2. The number of hydrogen-bond acceptors (Lipinski definition) is 6. The van der Waals surface area contributed by atoms with E-state index in [4.69, 9.17) is 0 Å². The van der Waals surface area contributed by atoms with Crippen LogP contribution in [-0.4, -0.2) is 75.2 Å². The van der Waals surface area contributed by atoms with Gasteiger partial charge < -0.3 is 10.1 Å². The van der Waals surface area contributed by atoms with Crippen molar-refractivity contribution in [3.05, 3.63) is 24.3 Å². The van der Waals surface area contributed by atoms with Gasteiger partial charge in [-0.1, -0.05) is 13.8 Å². The first-order chi connectivity index (χ1) is 14.4. The van der Waals surface area contributed by atoms with E-state index in [-0.39, 0.29) is 43.5 Å². The van der Waals surface area contributed by atoms with Crippen LogP contribution in [-0.2, 0) is 14.8 Å². The molecule has 1 aliphatic heterocycles. The van der Waals surface area contributed by atoms with Gasteiger partial charge in [0, 0.05) is 32.7 Å². The standard InChI is InChI=1S/C18H25F3N4O5S/c1-13(2)11-22-17(27)23-16(26)12-24-7-9-25(10-8-24)31(28,29)15-5-3-14(4-6-15)30-18(19,20)21/h3-6,13H,7-12H2,1-2H3,(H2,22,23,26,27). The van der Waals surface area contributed by atoms with Crippen molar-refractivity contribution >= 4 is 22.0 Å². The van der Waals surface area contributed by atoms with Crippen molar-refractivity contribution < 1.29 is 35.9 Å². The maximum atomic E-state index is 12.7. The third-order valence-electron chi connectivity index (χ3n) is 4.32. The van der Waals surface area contributed by atoms with E-state index in [1.54, 1.807) is 4.90 Å². The van der Waals surface area contributed by atoms with Crippen LogP contribution >= 0.6 is 0 Å². The zero-order valence-corrected chi connectivity index (χ0v) is 17.9. The molecule has 9 nitrogen and oxygen atoms in total. The van der Waals surface area contributed by atoms with Crippen LogP contribution in [0.4, 0.5) is 18.0 Å². The summed E-state index contributed by atoms with van der Waals surface area (Å²) in [7, 11) is -3.90. The van der Waals surface area contributed by atoms with Crippen LogP contribution in [0.5, 0.6) is 5.75 Å². The van der Waals surface area contributed by atoms with Gasteiger partial charge in [-0.25, -0.2) is 13.2 Å². The van der Waals surface area contributed by atoms with E-state index in [9.17, 15) is 31.2 Å². The lowest BCUT2D eigenvalue weighted by Crippen LogP contribution is -2.52. The monoisotopic (exact) mass is 466 g/mol. The van der Waals surface area contributed by atoms with Gasteiger partial charge in [-0.3, -0.25) is 15.0 Å². The van der Waals surface area contributed by atoms with Gasteiger partial charge in [-0.05, 0) is 30.2 Å². The van der Waals surface area contributed by atoms with Crippen LogP contribution in [0.1, 0.15) is 13.8 Å². The molecule has 0 aliphatic carbocycles. The van der Waals surface area contributed by atoms with Crippen molar-refractivity contribution in [2.75, 3.05) is 39.3 Å². The average molecular weight is 466 g/mol. The number of piperazine rings is 1. The second-order valence-electron chi connectivity index (χ2n) is 7.35. The summed E-state index contributed by atoms with van der Waals surface area (Å²) in [6.07, 6.45) is -4.86. The quantitative estimate of drug-likeness (QED) is 0.629. The van der Waals surface area contributed by atoms with E-state index in [0.29, 0.717) is 6.54 Å². The SMILES string of the molecule is CC(C)CNC(=O)NC(=O)CN1CCN(S(=O)(=O)c2ccc(OC(F)(F)F)cc2)CC1. The number of sulfonamides is 1. The Balaban J connectivity index is 1.85. The van der Waals surface area contributed by atoms with Crippen LogP contribution in [0.2, 0.25) is 0 Å². The van der Waals surface area contributed by atoms with E-state index in [1.807, 2.05) is 13.8 Å². The molecule has 0 spiro atoms. The number of benzene rings is 1. The molecule has 0 saturated carbocycles. The van der Waals surface area contributed by atoms with Gasteiger partial charge >= 0.3 is 12.4 Å². The number of rotatable bonds is 7. The number of imide groups is 1. The molecular weight excluding hydrogens is 441 g/mol. The normalized spacial score (nSPS) is 16.2. The van der Waals surface area contributed by atoms with Gasteiger partial charge in [-0.15, -0.1) is 13.2 Å². The summed E-state index contributed by atoms with van der Waals surface area (Å²) in [5, 5.41) is 4.78. The highest BCUT2D eigenvalue weighted by molar-refractivity contribution is 7.89. The number of ether oxygens (including phenoxy) is 1. The maximum Gasteiger partial charge on any atom is 0.573 e. The Bertz CT molecular complexity index is 867. The van der Waals surface area contributed by atoms with Crippen LogP contribution in [0, 0.1) is 5.92 Å². The average Bonchev–Trinajstić information content (AvgIpc) is 2.66. The van der Waals surface area contributed by atoms with Crippen LogP contribution in [0.25, 0.3) is 0 Å². The summed E-state index contributed by atoms with van der Waals surface area (Å²) in [5.74, 6) is -0.776. The summed E-state index contributed by atoms with van der Waals surface area (Å²) in [6.45, 7) is 4.91. The Morgan fingerprint density at radius 3 is 2.19 bits per heavy atom. The summed E-state index contributed by atoms with van der Waals surface area (Å²) < 4.78 is 67.0. The van der Waals surface area contributed by atoms with E-state index >= 15 is 0 Å². The van der Waals surface area contributed by atoms with Gasteiger partial charge in [0.15, 0.2) is 0 Å². The largest absolute Gasteiger partial charge is 0.573 e. The molecular formula is C18H25F3N4O5S. The lowest BCUT2D eigenvalue weighted by Gasteiger charge is -2.33. The molecule has 1 aliphatic rings. The van der Waals surface area contributed by atoms with Crippen molar-refractivity contribution in [1.29, 1.82) is 0 Å². The summed E-state index contributed by atoms with van der Waals surface area (Å²) in [4.78, 5) is 25.1. The Kier molecular flexibility index (Phi) is 8.26. The smallest absolute Gasteiger partial charge is 0.406 e. The predicted octanol–water partition coefficient (Wildman–Crippen LogP) is 1.37. The second-order valence-corrected chi connectivity index (χ2v) is 9.29. The molecule has 1 heterocycles. The van der Waals surface area contributed by atoms with Gasteiger partial charge in [0.05, 0.1) is 11.4 Å². The lowest BCUT2D eigenvalue weighted by molar-refractivity contribution is -0.274. The van der Waals surface area contributed by atoms with E-state index in [1.165, 1.54) is 4.31 Å². The first-order valence-electron chi connectivity index (χ1n) is 9.53. The molecule has 31 heavy (non-hydrogen) atoms. The van der Waals surface area contributed by atoms with Crippen molar-refractivity contribution in [3.63, 3.8) is 0 Å². The third kappa shape index (κ3) is 7.99. The Morgan fingerprint density at radius 2 is 1.68 bits per heavy atom. The minimum absolute atomic E-state index is 0.0630. The predicted molar refractivity (Wildman–Crippen MR) is 105 cm³/mol. The topological polar surface area (TPSA) is 108 Å². The second kappa shape index (κ2) is 10.3. The van der Waals surface area contributed by atoms with Crippen molar-refractivity contribution in [3.8, 4) is 5.75 Å².